The quantitative estimate of drug-likeness (QED) is 0.784. The van der Waals surface area contributed by atoms with E-state index in [2.05, 4.69) is 34.7 Å². The third-order valence-electron chi connectivity index (χ3n) is 4.62. The molecule has 0 amide bonds. The summed E-state index contributed by atoms with van der Waals surface area (Å²) in [6.45, 7) is 5.07. The number of halogens is 1. The van der Waals surface area contributed by atoms with E-state index < -0.39 is 0 Å². The van der Waals surface area contributed by atoms with Gasteiger partial charge in [0.25, 0.3) is 0 Å². The summed E-state index contributed by atoms with van der Waals surface area (Å²) in [4.78, 5) is 4.08. The van der Waals surface area contributed by atoms with Crippen molar-refractivity contribution in [3.05, 3.63) is 41.4 Å². The van der Waals surface area contributed by atoms with Gasteiger partial charge in [0, 0.05) is 42.0 Å². The number of rotatable bonds is 5. The smallest absolute Gasteiger partial charge is 0.139 e. The van der Waals surface area contributed by atoms with Gasteiger partial charge in [0.15, 0.2) is 0 Å². The Bertz CT molecular complexity index is 641. The van der Waals surface area contributed by atoms with Crippen LogP contribution < -0.4 is 4.74 Å². The number of aromatic nitrogens is 3. The van der Waals surface area contributed by atoms with Crippen LogP contribution in [0.5, 0.6) is 5.75 Å². The molecular weight excluding hydrogens is 310 g/mol. The van der Waals surface area contributed by atoms with Gasteiger partial charge in [0.2, 0.25) is 0 Å². The van der Waals surface area contributed by atoms with Gasteiger partial charge in [-0.1, -0.05) is 24.4 Å². The zero-order chi connectivity index (χ0) is 16.2. The van der Waals surface area contributed by atoms with Crippen LogP contribution >= 0.6 is 11.6 Å². The van der Waals surface area contributed by atoms with Gasteiger partial charge in [-0.05, 0) is 32.8 Å². The Kier molecular flexibility index (Phi) is 5.21. The van der Waals surface area contributed by atoms with E-state index in [4.69, 9.17) is 16.3 Å². The summed E-state index contributed by atoms with van der Waals surface area (Å²) in [6.07, 6.45) is 10.2. The lowest BCUT2D eigenvalue weighted by molar-refractivity contribution is 0.180. The van der Waals surface area contributed by atoms with Gasteiger partial charge in [-0.15, -0.1) is 0 Å². The first-order chi connectivity index (χ1) is 11.1. The molecule has 124 valence electrons. The van der Waals surface area contributed by atoms with E-state index in [1.54, 1.807) is 12.4 Å². The van der Waals surface area contributed by atoms with Crippen molar-refractivity contribution in [3.63, 3.8) is 0 Å². The number of hydrogen-bond acceptors (Lipinski definition) is 3. The van der Waals surface area contributed by atoms with Crippen LogP contribution in [0.1, 0.15) is 57.2 Å². The first kappa shape index (κ1) is 16.3. The fourth-order valence-corrected chi connectivity index (χ4v) is 3.68. The SMILES string of the molecule is CC(C)n1nccc1C1CCCCC1COc1cncc(Cl)c1. The van der Waals surface area contributed by atoms with E-state index in [-0.39, 0.29) is 0 Å². The van der Waals surface area contributed by atoms with Crippen LogP contribution in [0.15, 0.2) is 30.7 Å². The van der Waals surface area contributed by atoms with Crippen molar-refractivity contribution < 1.29 is 4.74 Å². The second-order valence-corrected chi connectivity index (χ2v) is 7.03. The van der Waals surface area contributed by atoms with Crippen molar-refractivity contribution in [1.82, 2.24) is 14.8 Å². The van der Waals surface area contributed by atoms with E-state index in [1.807, 2.05) is 12.3 Å². The van der Waals surface area contributed by atoms with Crippen molar-refractivity contribution in [2.24, 2.45) is 5.92 Å². The predicted octanol–water partition coefficient (Wildman–Crippen LogP) is 4.87. The van der Waals surface area contributed by atoms with E-state index >= 15 is 0 Å². The number of pyridine rings is 1. The molecule has 0 saturated heterocycles. The molecule has 3 rings (SSSR count). The number of ether oxygens (including phenoxy) is 1. The molecule has 0 spiro atoms. The maximum atomic E-state index is 5.98. The number of hydrogen-bond donors (Lipinski definition) is 0. The molecule has 1 fully saturated rings. The molecule has 0 bridgehead atoms. The molecule has 1 aliphatic carbocycles. The molecule has 2 aromatic heterocycles. The van der Waals surface area contributed by atoms with Crippen LogP contribution in [0.3, 0.4) is 0 Å². The lowest BCUT2D eigenvalue weighted by Gasteiger charge is -2.32. The minimum Gasteiger partial charge on any atom is -0.492 e. The molecule has 2 heterocycles. The average Bonchev–Trinajstić information content (AvgIpc) is 3.03. The highest BCUT2D eigenvalue weighted by atomic mass is 35.5. The fraction of sp³-hybridized carbons (Fsp3) is 0.556. The second kappa shape index (κ2) is 7.35. The van der Waals surface area contributed by atoms with Gasteiger partial charge >= 0.3 is 0 Å². The Morgan fingerprint density at radius 3 is 2.91 bits per heavy atom. The highest BCUT2D eigenvalue weighted by molar-refractivity contribution is 6.30. The molecule has 5 heteroatoms. The van der Waals surface area contributed by atoms with Crippen molar-refractivity contribution in [2.75, 3.05) is 6.61 Å². The van der Waals surface area contributed by atoms with E-state index in [1.165, 1.54) is 31.4 Å². The average molecular weight is 334 g/mol. The van der Waals surface area contributed by atoms with E-state index in [0.717, 1.165) is 5.75 Å². The minimum absolute atomic E-state index is 0.389. The molecule has 0 aliphatic heterocycles. The summed E-state index contributed by atoms with van der Waals surface area (Å²) in [6, 6.07) is 4.38. The molecular formula is C18H24ClN3O. The predicted molar refractivity (Wildman–Crippen MR) is 92.1 cm³/mol. The third kappa shape index (κ3) is 3.86. The lowest BCUT2D eigenvalue weighted by Crippen LogP contribution is -2.26. The fourth-order valence-electron chi connectivity index (χ4n) is 3.52. The summed E-state index contributed by atoms with van der Waals surface area (Å²) >= 11 is 5.98. The molecule has 2 atom stereocenters. The van der Waals surface area contributed by atoms with Gasteiger partial charge < -0.3 is 4.74 Å². The maximum absolute atomic E-state index is 5.98. The van der Waals surface area contributed by atoms with E-state index in [9.17, 15) is 0 Å². The minimum atomic E-state index is 0.389. The summed E-state index contributed by atoms with van der Waals surface area (Å²) in [5, 5.41) is 5.12. The number of nitrogens with zero attached hydrogens (tertiary/aromatic N) is 3. The Balaban J connectivity index is 1.72. The standard InChI is InChI=1S/C18H24ClN3O/c1-13(2)22-18(7-8-21-22)17-6-4-3-5-14(17)12-23-16-9-15(19)10-20-11-16/h7-11,13-14,17H,3-6,12H2,1-2H3. The monoisotopic (exact) mass is 333 g/mol. The lowest BCUT2D eigenvalue weighted by atomic mass is 9.77. The highest BCUT2D eigenvalue weighted by Crippen LogP contribution is 2.38. The Labute approximate surface area is 142 Å². The molecule has 23 heavy (non-hydrogen) atoms. The third-order valence-corrected chi connectivity index (χ3v) is 4.83. The molecule has 2 unspecified atom stereocenters. The van der Waals surface area contributed by atoms with Gasteiger partial charge in [-0.2, -0.15) is 5.10 Å². The summed E-state index contributed by atoms with van der Waals surface area (Å²) in [5.74, 6) is 1.77. The summed E-state index contributed by atoms with van der Waals surface area (Å²) in [7, 11) is 0. The van der Waals surface area contributed by atoms with Crippen LogP contribution in [0.4, 0.5) is 0 Å². The summed E-state index contributed by atoms with van der Waals surface area (Å²) in [5.41, 5.74) is 1.34. The zero-order valence-electron chi connectivity index (χ0n) is 13.8. The summed E-state index contributed by atoms with van der Waals surface area (Å²) < 4.78 is 8.14. The van der Waals surface area contributed by atoms with Crippen molar-refractivity contribution in [3.8, 4) is 5.75 Å². The Morgan fingerprint density at radius 2 is 2.13 bits per heavy atom. The Morgan fingerprint density at radius 1 is 1.30 bits per heavy atom. The van der Waals surface area contributed by atoms with Gasteiger partial charge in [0.1, 0.15) is 5.75 Å². The van der Waals surface area contributed by atoms with Crippen LogP contribution in [-0.4, -0.2) is 21.4 Å². The normalized spacial score (nSPS) is 21.6. The second-order valence-electron chi connectivity index (χ2n) is 6.60. The molecule has 1 aliphatic rings. The van der Waals surface area contributed by atoms with Gasteiger partial charge in [-0.25, -0.2) is 0 Å². The van der Waals surface area contributed by atoms with Crippen molar-refractivity contribution >= 4 is 11.6 Å². The highest BCUT2D eigenvalue weighted by Gasteiger charge is 2.30. The van der Waals surface area contributed by atoms with Crippen molar-refractivity contribution in [1.29, 1.82) is 0 Å². The van der Waals surface area contributed by atoms with Crippen LogP contribution in [0.2, 0.25) is 5.02 Å². The molecule has 1 saturated carbocycles. The molecule has 2 aromatic rings. The first-order valence-electron chi connectivity index (χ1n) is 8.42. The largest absolute Gasteiger partial charge is 0.492 e. The van der Waals surface area contributed by atoms with Crippen molar-refractivity contribution in [2.45, 2.75) is 51.5 Å². The van der Waals surface area contributed by atoms with Crippen LogP contribution in [0, 0.1) is 5.92 Å². The first-order valence-corrected chi connectivity index (χ1v) is 8.79. The molecule has 0 radical (unpaired) electrons. The molecule has 4 nitrogen and oxygen atoms in total. The Hall–Kier alpha value is -1.55. The maximum Gasteiger partial charge on any atom is 0.139 e. The van der Waals surface area contributed by atoms with Gasteiger partial charge in [0.05, 0.1) is 17.8 Å². The van der Waals surface area contributed by atoms with Crippen LogP contribution in [-0.2, 0) is 0 Å². The topological polar surface area (TPSA) is 39.9 Å². The van der Waals surface area contributed by atoms with Gasteiger partial charge in [-0.3, -0.25) is 9.67 Å². The van der Waals surface area contributed by atoms with Crippen LogP contribution in [0.25, 0.3) is 0 Å². The zero-order valence-corrected chi connectivity index (χ0v) is 14.5. The molecule has 0 N–H and O–H groups in total. The van der Waals surface area contributed by atoms with E-state index in [0.29, 0.717) is 29.5 Å². The molecule has 0 aromatic carbocycles.